The number of ether oxygens (including phenoxy) is 2. The second-order valence-corrected chi connectivity index (χ2v) is 10.6. The van der Waals surface area contributed by atoms with Crippen LogP contribution in [0.3, 0.4) is 0 Å². The number of carbonyl (C=O) groups excluding carboxylic acids is 1. The maximum absolute atomic E-state index is 13.8. The van der Waals surface area contributed by atoms with Gasteiger partial charge in [-0.2, -0.15) is 0 Å². The van der Waals surface area contributed by atoms with Crippen molar-refractivity contribution in [2.24, 2.45) is 4.99 Å². The van der Waals surface area contributed by atoms with Gasteiger partial charge in [0.1, 0.15) is 23.3 Å². The molecular weight excluding hydrogens is 592 g/mol. The number of thiazole rings is 1. The summed E-state index contributed by atoms with van der Waals surface area (Å²) in [6, 6.07) is 15.7. The standard InChI is InChI=1S/C28H22BrClN2O5S/c1-4-36-27(34)24-15(2)31-28-32(25(24)18-7-5-6-8-22(18)35-3)26(33)23(38-28)14-17-10-12-21(37-17)16-9-11-19(29)20(30)13-16/h5-14,25H,4H2,1-3H3/b23-14-/t25-/m1/s1. The Balaban J connectivity index is 1.65. The molecule has 0 fully saturated rings. The Labute approximate surface area is 235 Å². The minimum atomic E-state index is -0.763. The molecule has 1 atom stereocenters. The van der Waals surface area contributed by atoms with Crippen LogP contribution in [-0.4, -0.2) is 24.3 Å². The van der Waals surface area contributed by atoms with E-state index >= 15 is 0 Å². The van der Waals surface area contributed by atoms with Crippen molar-refractivity contribution < 1.29 is 18.7 Å². The van der Waals surface area contributed by atoms with Gasteiger partial charge in [0.2, 0.25) is 0 Å². The van der Waals surface area contributed by atoms with Crippen LogP contribution in [0, 0.1) is 0 Å². The number of furan rings is 1. The summed E-state index contributed by atoms with van der Waals surface area (Å²) < 4.78 is 19.7. The molecule has 0 aliphatic carbocycles. The number of fused-ring (bicyclic) bond motifs is 1. The van der Waals surface area contributed by atoms with Gasteiger partial charge < -0.3 is 13.9 Å². The van der Waals surface area contributed by atoms with E-state index in [0.717, 1.165) is 10.0 Å². The first-order valence-electron chi connectivity index (χ1n) is 11.7. The Morgan fingerprint density at radius 1 is 1.24 bits per heavy atom. The number of allylic oxidation sites excluding steroid dienone is 1. The van der Waals surface area contributed by atoms with Crippen LogP contribution in [0.1, 0.15) is 31.2 Å². The van der Waals surface area contributed by atoms with E-state index < -0.39 is 12.0 Å². The molecule has 1 aliphatic rings. The largest absolute Gasteiger partial charge is 0.496 e. The fraction of sp³-hybridized carbons (Fsp3) is 0.179. The van der Waals surface area contributed by atoms with Crippen LogP contribution < -0.4 is 19.6 Å². The van der Waals surface area contributed by atoms with E-state index in [1.807, 2.05) is 36.4 Å². The number of benzene rings is 2. The Bertz CT molecular complexity index is 1770. The normalized spacial score (nSPS) is 15.3. The molecule has 5 rings (SSSR count). The zero-order chi connectivity index (χ0) is 27.0. The number of para-hydroxylation sites is 1. The Kier molecular flexibility index (Phi) is 7.43. The second-order valence-electron chi connectivity index (χ2n) is 8.38. The molecule has 2 aromatic carbocycles. The summed E-state index contributed by atoms with van der Waals surface area (Å²) in [5.41, 5.74) is 1.95. The lowest BCUT2D eigenvalue weighted by Crippen LogP contribution is -2.40. The van der Waals surface area contributed by atoms with Gasteiger partial charge >= 0.3 is 5.97 Å². The molecule has 0 saturated heterocycles. The van der Waals surface area contributed by atoms with Gasteiger partial charge in [-0.1, -0.05) is 47.2 Å². The fourth-order valence-electron chi connectivity index (χ4n) is 4.34. The van der Waals surface area contributed by atoms with E-state index in [1.165, 1.54) is 15.9 Å². The highest BCUT2D eigenvalue weighted by molar-refractivity contribution is 9.10. The van der Waals surface area contributed by atoms with Crippen molar-refractivity contribution in [1.82, 2.24) is 4.57 Å². The van der Waals surface area contributed by atoms with Gasteiger partial charge in [0.05, 0.1) is 34.5 Å². The van der Waals surface area contributed by atoms with Crippen LogP contribution in [0.4, 0.5) is 0 Å². The molecule has 0 unspecified atom stereocenters. The summed E-state index contributed by atoms with van der Waals surface area (Å²) in [6.45, 7) is 3.68. The number of esters is 1. The van der Waals surface area contributed by atoms with Gasteiger partial charge in [-0.3, -0.25) is 9.36 Å². The maximum Gasteiger partial charge on any atom is 0.338 e. The highest BCUT2D eigenvalue weighted by Crippen LogP contribution is 2.35. The smallest absolute Gasteiger partial charge is 0.338 e. The number of halogens is 2. The molecule has 7 nitrogen and oxygen atoms in total. The van der Waals surface area contributed by atoms with Crippen LogP contribution in [0.5, 0.6) is 5.75 Å². The topological polar surface area (TPSA) is 83.0 Å². The predicted molar refractivity (Wildman–Crippen MR) is 150 cm³/mol. The fourth-order valence-corrected chi connectivity index (χ4v) is 5.80. The van der Waals surface area contributed by atoms with Crippen LogP contribution in [-0.2, 0) is 9.53 Å². The lowest BCUT2D eigenvalue weighted by atomic mass is 9.95. The average Bonchev–Trinajstić information content (AvgIpc) is 3.49. The van der Waals surface area contributed by atoms with Crippen molar-refractivity contribution >= 4 is 50.9 Å². The molecule has 0 bridgehead atoms. The first-order chi connectivity index (χ1) is 18.3. The monoisotopic (exact) mass is 612 g/mol. The molecule has 10 heteroatoms. The molecule has 38 heavy (non-hydrogen) atoms. The van der Waals surface area contributed by atoms with Crippen LogP contribution in [0.25, 0.3) is 17.4 Å². The molecule has 0 amide bonds. The maximum atomic E-state index is 13.8. The van der Waals surface area contributed by atoms with E-state index in [-0.39, 0.29) is 12.2 Å². The third-order valence-electron chi connectivity index (χ3n) is 6.05. The summed E-state index contributed by atoms with van der Waals surface area (Å²) in [6.07, 6.45) is 1.68. The average molecular weight is 614 g/mol. The van der Waals surface area contributed by atoms with Crippen molar-refractivity contribution in [1.29, 1.82) is 0 Å². The van der Waals surface area contributed by atoms with Crippen molar-refractivity contribution in [2.45, 2.75) is 19.9 Å². The molecule has 0 spiro atoms. The van der Waals surface area contributed by atoms with Gasteiger partial charge in [-0.15, -0.1) is 0 Å². The molecule has 0 saturated carbocycles. The number of aromatic nitrogens is 1. The van der Waals surface area contributed by atoms with Crippen molar-refractivity contribution in [3.8, 4) is 17.1 Å². The second kappa shape index (κ2) is 10.8. The molecule has 4 aromatic rings. The number of carbonyl (C=O) groups is 1. The number of hydrogen-bond donors (Lipinski definition) is 0. The van der Waals surface area contributed by atoms with Gasteiger partial charge in [-0.05, 0) is 60.1 Å². The number of rotatable bonds is 6. The van der Waals surface area contributed by atoms with Gasteiger partial charge in [0.15, 0.2) is 4.80 Å². The lowest BCUT2D eigenvalue weighted by Gasteiger charge is -2.25. The Morgan fingerprint density at radius 2 is 2.03 bits per heavy atom. The molecule has 1 aliphatic heterocycles. The SMILES string of the molecule is CCOC(=O)C1=C(C)N=c2s/c(=C\c3ccc(-c4ccc(Br)c(Cl)c4)o3)c(=O)n2[C@@H]1c1ccccc1OC. The Morgan fingerprint density at radius 3 is 2.76 bits per heavy atom. The van der Waals surface area contributed by atoms with Gasteiger partial charge in [0, 0.05) is 21.7 Å². The van der Waals surface area contributed by atoms with Crippen LogP contribution >= 0.6 is 38.9 Å². The lowest BCUT2D eigenvalue weighted by molar-refractivity contribution is -0.139. The van der Waals surface area contributed by atoms with Crippen molar-refractivity contribution in [3.63, 3.8) is 0 Å². The molecule has 2 aromatic heterocycles. The minimum absolute atomic E-state index is 0.198. The van der Waals surface area contributed by atoms with E-state index in [4.69, 9.17) is 25.5 Å². The first-order valence-corrected chi connectivity index (χ1v) is 13.7. The quantitative estimate of drug-likeness (QED) is 0.269. The van der Waals surface area contributed by atoms with Gasteiger partial charge in [0.25, 0.3) is 5.56 Å². The first kappa shape index (κ1) is 26.2. The Hall–Kier alpha value is -3.40. The summed E-state index contributed by atoms with van der Waals surface area (Å²) in [4.78, 5) is 31.9. The van der Waals surface area contributed by atoms with Crippen molar-refractivity contribution in [3.05, 3.63) is 106 Å². The minimum Gasteiger partial charge on any atom is -0.496 e. The molecule has 194 valence electrons. The summed E-state index contributed by atoms with van der Waals surface area (Å²) in [5, 5.41) is 0.567. The predicted octanol–water partition coefficient (Wildman–Crippen LogP) is 5.48. The third-order valence-corrected chi connectivity index (χ3v) is 8.27. The van der Waals surface area contributed by atoms with E-state index in [0.29, 0.717) is 48.5 Å². The van der Waals surface area contributed by atoms with E-state index in [9.17, 15) is 9.59 Å². The summed E-state index contributed by atoms with van der Waals surface area (Å²) in [7, 11) is 1.55. The number of methoxy groups -OCH3 is 1. The van der Waals surface area contributed by atoms with Crippen LogP contribution in [0.15, 0.2) is 84.5 Å². The summed E-state index contributed by atoms with van der Waals surface area (Å²) in [5.74, 6) is 1.14. The highest BCUT2D eigenvalue weighted by atomic mass is 79.9. The molecular formula is C28H22BrClN2O5S. The zero-order valence-electron chi connectivity index (χ0n) is 20.7. The zero-order valence-corrected chi connectivity index (χ0v) is 23.8. The number of nitrogens with zero attached hydrogens (tertiary/aromatic N) is 2. The molecule has 3 heterocycles. The van der Waals surface area contributed by atoms with Crippen molar-refractivity contribution in [2.75, 3.05) is 13.7 Å². The highest BCUT2D eigenvalue weighted by Gasteiger charge is 2.35. The van der Waals surface area contributed by atoms with Crippen LogP contribution in [0.2, 0.25) is 5.02 Å². The molecule has 0 N–H and O–H groups in total. The number of hydrogen-bond acceptors (Lipinski definition) is 7. The van der Waals surface area contributed by atoms with E-state index in [2.05, 4.69) is 20.9 Å². The van der Waals surface area contributed by atoms with Gasteiger partial charge in [-0.25, -0.2) is 9.79 Å². The third kappa shape index (κ3) is 4.77. The summed E-state index contributed by atoms with van der Waals surface area (Å²) >= 11 is 10.8. The van der Waals surface area contributed by atoms with E-state index in [1.54, 1.807) is 45.2 Å². The molecule has 0 radical (unpaired) electrons.